The predicted octanol–water partition coefficient (Wildman–Crippen LogP) is 4.18. The van der Waals surface area contributed by atoms with Gasteiger partial charge in [0.2, 0.25) is 0 Å². The van der Waals surface area contributed by atoms with Gasteiger partial charge in [-0.15, -0.1) is 11.3 Å². The molecule has 122 valence electrons. The number of thiophene rings is 1. The Kier molecular flexibility index (Phi) is 4.86. The van der Waals surface area contributed by atoms with E-state index in [1.54, 1.807) is 41.9 Å². The molecule has 0 radical (unpaired) electrons. The van der Waals surface area contributed by atoms with Gasteiger partial charge in [0.1, 0.15) is 0 Å². The van der Waals surface area contributed by atoms with E-state index in [4.69, 9.17) is 0 Å². The third kappa shape index (κ3) is 3.78. The van der Waals surface area contributed by atoms with Crippen molar-refractivity contribution in [1.29, 1.82) is 0 Å². The number of nitrogens with zero attached hydrogens (tertiary/aromatic N) is 3. The summed E-state index contributed by atoms with van der Waals surface area (Å²) in [4.78, 5) is 23.8. The summed E-state index contributed by atoms with van der Waals surface area (Å²) in [6, 6.07) is 9.38. The molecule has 0 aromatic carbocycles. The Bertz CT molecular complexity index is 832. The lowest BCUT2D eigenvalue weighted by Gasteiger charge is -2.18. The third-order valence-electron chi connectivity index (χ3n) is 3.54. The highest BCUT2D eigenvalue weighted by Crippen LogP contribution is 2.29. The maximum absolute atomic E-state index is 12.5. The molecule has 1 N–H and O–H groups in total. The zero-order valence-electron chi connectivity index (χ0n) is 13.6. The number of carbonyl (C=O) groups is 1. The number of hydrogen-bond donors (Lipinski definition) is 1. The Morgan fingerprint density at radius 1 is 1.29 bits per heavy atom. The number of urea groups is 1. The lowest BCUT2D eigenvalue weighted by atomic mass is 10.2. The minimum absolute atomic E-state index is 0.181. The highest BCUT2D eigenvalue weighted by molar-refractivity contribution is 7.10. The first-order valence-electron chi connectivity index (χ1n) is 7.55. The van der Waals surface area contributed by atoms with Gasteiger partial charge in [-0.05, 0) is 36.8 Å². The summed E-state index contributed by atoms with van der Waals surface area (Å²) in [5.41, 5.74) is 3.49. The molecule has 24 heavy (non-hydrogen) atoms. The molecule has 0 aliphatic carbocycles. The minimum Gasteiger partial charge on any atom is -0.323 e. The molecule has 0 bridgehead atoms. The molecule has 0 spiro atoms. The van der Waals surface area contributed by atoms with Gasteiger partial charge < -0.3 is 10.2 Å². The van der Waals surface area contributed by atoms with Crippen LogP contribution in [-0.2, 0) is 6.54 Å². The average Bonchev–Trinajstić information content (AvgIpc) is 3.02. The van der Waals surface area contributed by atoms with Crippen LogP contribution in [0.4, 0.5) is 10.5 Å². The number of rotatable bonds is 4. The fraction of sp³-hybridized carbons (Fsp3) is 0.167. The number of carbonyl (C=O) groups excluding carboxylic acids is 1. The molecular weight excluding hydrogens is 320 g/mol. The first-order chi connectivity index (χ1) is 11.6. The summed E-state index contributed by atoms with van der Waals surface area (Å²) < 4.78 is 0. The fourth-order valence-electron chi connectivity index (χ4n) is 2.35. The van der Waals surface area contributed by atoms with E-state index in [1.807, 2.05) is 29.6 Å². The number of aryl methyl sites for hydroxylation is 1. The van der Waals surface area contributed by atoms with Crippen LogP contribution in [0.5, 0.6) is 0 Å². The normalized spacial score (nSPS) is 10.4. The smallest absolute Gasteiger partial charge is 0.321 e. The van der Waals surface area contributed by atoms with E-state index in [9.17, 15) is 4.79 Å². The van der Waals surface area contributed by atoms with Gasteiger partial charge in [-0.3, -0.25) is 9.97 Å². The summed E-state index contributed by atoms with van der Waals surface area (Å²) in [6.45, 7) is 2.55. The predicted molar refractivity (Wildman–Crippen MR) is 97.0 cm³/mol. The molecule has 3 aromatic rings. The molecule has 3 heterocycles. The number of pyridine rings is 2. The van der Waals surface area contributed by atoms with Crippen LogP contribution in [0.25, 0.3) is 11.3 Å². The standard InChI is InChI=1S/C18H18N4OS/c1-13-9-15(12-24-13)17-16(6-4-8-20-17)21-18(23)22(2)11-14-5-3-7-19-10-14/h3-10,12H,11H2,1-2H3,(H,21,23). The van der Waals surface area contributed by atoms with Crippen LogP contribution >= 0.6 is 11.3 Å². The number of anilines is 1. The van der Waals surface area contributed by atoms with Crippen LogP contribution < -0.4 is 5.32 Å². The van der Waals surface area contributed by atoms with E-state index < -0.39 is 0 Å². The maximum atomic E-state index is 12.5. The molecule has 0 fully saturated rings. The molecule has 0 unspecified atom stereocenters. The number of aromatic nitrogens is 2. The average molecular weight is 338 g/mol. The number of nitrogens with one attached hydrogen (secondary N) is 1. The Hall–Kier alpha value is -2.73. The van der Waals surface area contributed by atoms with Crippen LogP contribution in [0, 0.1) is 6.92 Å². The first kappa shape index (κ1) is 16.1. The minimum atomic E-state index is -0.181. The van der Waals surface area contributed by atoms with Crippen LogP contribution in [0.2, 0.25) is 0 Å². The monoisotopic (exact) mass is 338 g/mol. The Morgan fingerprint density at radius 3 is 2.83 bits per heavy atom. The molecule has 0 atom stereocenters. The summed E-state index contributed by atoms with van der Waals surface area (Å²) in [5, 5.41) is 5.00. The Labute approximate surface area is 145 Å². The largest absolute Gasteiger partial charge is 0.323 e. The molecule has 3 rings (SSSR count). The van der Waals surface area contributed by atoms with Crippen LogP contribution in [0.3, 0.4) is 0 Å². The van der Waals surface area contributed by atoms with Crippen molar-refractivity contribution in [2.75, 3.05) is 12.4 Å². The number of amides is 2. The van der Waals surface area contributed by atoms with Gasteiger partial charge in [0.25, 0.3) is 0 Å². The van der Waals surface area contributed by atoms with Gasteiger partial charge in [-0.2, -0.15) is 0 Å². The van der Waals surface area contributed by atoms with E-state index in [-0.39, 0.29) is 6.03 Å². The summed E-state index contributed by atoms with van der Waals surface area (Å²) in [5.74, 6) is 0. The molecule has 3 aromatic heterocycles. The van der Waals surface area contributed by atoms with Crippen molar-refractivity contribution in [2.45, 2.75) is 13.5 Å². The molecule has 0 saturated heterocycles. The zero-order valence-corrected chi connectivity index (χ0v) is 14.4. The van der Waals surface area contributed by atoms with Gasteiger partial charge in [0, 0.05) is 48.0 Å². The Balaban J connectivity index is 1.75. The zero-order chi connectivity index (χ0) is 16.9. The number of hydrogen-bond acceptors (Lipinski definition) is 4. The van der Waals surface area contributed by atoms with Gasteiger partial charge >= 0.3 is 6.03 Å². The third-order valence-corrected chi connectivity index (χ3v) is 4.40. The van der Waals surface area contributed by atoms with Crippen molar-refractivity contribution < 1.29 is 4.79 Å². The molecule has 2 amide bonds. The second-order valence-electron chi connectivity index (χ2n) is 5.49. The van der Waals surface area contributed by atoms with E-state index in [1.165, 1.54) is 4.88 Å². The molecular formula is C18H18N4OS. The molecule has 0 aliphatic heterocycles. The quantitative estimate of drug-likeness (QED) is 0.776. The van der Waals surface area contributed by atoms with Crippen LogP contribution in [0.1, 0.15) is 10.4 Å². The summed E-state index contributed by atoms with van der Waals surface area (Å²) in [7, 11) is 1.76. The molecule has 0 saturated carbocycles. The van der Waals surface area contributed by atoms with Gasteiger partial charge in [0.05, 0.1) is 11.4 Å². The summed E-state index contributed by atoms with van der Waals surface area (Å²) >= 11 is 1.66. The molecule has 0 aliphatic rings. The van der Waals surface area contributed by atoms with Crippen molar-refractivity contribution in [3.63, 3.8) is 0 Å². The second kappa shape index (κ2) is 7.23. The van der Waals surface area contributed by atoms with E-state index in [0.29, 0.717) is 12.2 Å². The van der Waals surface area contributed by atoms with Crippen molar-refractivity contribution in [3.8, 4) is 11.3 Å². The van der Waals surface area contributed by atoms with E-state index in [0.717, 1.165) is 16.8 Å². The summed E-state index contributed by atoms with van der Waals surface area (Å²) in [6.07, 6.45) is 5.21. The molecule has 6 heteroatoms. The van der Waals surface area contributed by atoms with Crippen molar-refractivity contribution in [1.82, 2.24) is 14.9 Å². The van der Waals surface area contributed by atoms with Crippen LogP contribution in [-0.4, -0.2) is 27.9 Å². The van der Waals surface area contributed by atoms with Crippen molar-refractivity contribution >= 4 is 23.1 Å². The second-order valence-corrected chi connectivity index (χ2v) is 6.61. The SMILES string of the molecule is Cc1cc(-c2ncccc2NC(=O)N(C)Cc2cccnc2)cs1. The highest BCUT2D eigenvalue weighted by Gasteiger charge is 2.14. The van der Waals surface area contributed by atoms with Crippen LogP contribution in [0.15, 0.2) is 54.3 Å². The first-order valence-corrected chi connectivity index (χ1v) is 8.43. The highest BCUT2D eigenvalue weighted by atomic mass is 32.1. The van der Waals surface area contributed by atoms with Gasteiger partial charge in [-0.1, -0.05) is 6.07 Å². The van der Waals surface area contributed by atoms with E-state index in [2.05, 4.69) is 28.3 Å². The lowest BCUT2D eigenvalue weighted by Crippen LogP contribution is -2.31. The van der Waals surface area contributed by atoms with Crippen molar-refractivity contribution in [2.24, 2.45) is 0 Å². The molecule has 5 nitrogen and oxygen atoms in total. The lowest BCUT2D eigenvalue weighted by molar-refractivity contribution is 0.220. The topological polar surface area (TPSA) is 58.1 Å². The van der Waals surface area contributed by atoms with Crippen molar-refractivity contribution in [3.05, 3.63) is 64.7 Å². The maximum Gasteiger partial charge on any atom is 0.321 e. The van der Waals surface area contributed by atoms with E-state index >= 15 is 0 Å². The fourth-order valence-corrected chi connectivity index (χ4v) is 3.04. The Morgan fingerprint density at radius 2 is 2.12 bits per heavy atom. The van der Waals surface area contributed by atoms with Gasteiger partial charge in [-0.25, -0.2) is 4.79 Å². The van der Waals surface area contributed by atoms with Gasteiger partial charge in [0.15, 0.2) is 0 Å².